The summed E-state index contributed by atoms with van der Waals surface area (Å²) in [6.07, 6.45) is 0. The molecule has 0 atom stereocenters. The predicted octanol–water partition coefficient (Wildman–Crippen LogP) is 4.29. The van der Waals surface area contributed by atoms with Gasteiger partial charge in [-0.1, -0.05) is 17.8 Å². The first-order valence-corrected chi connectivity index (χ1v) is 13.2. The van der Waals surface area contributed by atoms with Gasteiger partial charge in [-0.3, -0.25) is 14.2 Å². The molecule has 0 unspecified atom stereocenters. The fourth-order valence-electron chi connectivity index (χ4n) is 3.70. The van der Waals surface area contributed by atoms with Crippen molar-refractivity contribution in [3.05, 3.63) is 57.5 Å². The molecule has 7 nitrogen and oxygen atoms in total. The molecule has 33 heavy (non-hydrogen) atoms. The second kappa shape index (κ2) is 9.68. The summed E-state index contributed by atoms with van der Waals surface area (Å²) in [5.74, 6) is 0.0269. The Morgan fingerprint density at radius 1 is 1.18 bits per heavy atom. The Bertz CT molecular complexity index is 1320. The van der Waals surface area contributed by atoms with E-state index in [0.717, 1.165) is 48.1 Å². The number of thioether (sulfide) groups is 1. The zero-order valence-corrected chi connectivity index (χ0v) is 20.4. The molecule has 1 N–H and O–H groups in total. The average Bonchev–Trinajstić information content (AvgIpc) is 3.51. The minimum atomic E-state index is -0.140. The molecule has 1 aliphatic rings. The maximum absolute atomic E-state index is 13.0. The maximum atomic E-state index is 13.0. The molecule has 3 aromatic heterocycles. The third kappa shape index (κ3) is 4.70. The number of nitrogens with one attached hydrogen (secondary N) is 1. The van der Waals surface area contributed by atoms with Gasteiger partial charge in [0.15, 0.2) is 5.16 Å². The molecule has 0 radical (unpaired) electrons. The molecule has 1 saturated heterocycles. The average molecular weight is 499 g/mol. The Morgan fingerprint density at radius 3 is 2.70 bits per heavy atom. The van der Waals surface area contributed by atoms with Crippen molar-refractivity contribution in [3.8, 4) is 10.4 Å². The van der Waals surface area contributed by atoms with Crippen LogP contribution in [-0.2, 0) is 16.6 Å². The SMILES string of the molecule is Cn1c(SCC(=O)Nc2ccc(N3CCOCC3)cc2)nc2scc(-c3cccs3)c2c1=O. The van der Waals surface area contributed by atoms with E-state index in [0.29, 0.717) is 15.4 Å². The first-order valence-electron chi connectivity index (χ1n) is 10.5. The van der Waals surface area contributed by atoms with E-state index in [1.807, 2.05) is 47.2 Å². The van der Waals surface area contributed by atoms with Gasteiger partial charge >= 0.3 is 0 Å². The van der Waals surface area contributed by atoms with Crippen LogP contribution in [0.2, 0.25) is 0 Å². The first-order chi connectivity index (χ1) is 16.1. The summed E-state index contributed by atoms with van der Waals surface area (Å²) in [7, 11) is 1.70. The van der Waals surface area contributed by atoms with Gasteiger partial charge in [0.2, 0.25) is 5.91 Å². The van der Waals surface area contributed by atoms with E-state index in [1.54, 1.807) is 18.4 Å². The fourth-order valence-corrected chi connectivity index (χ4v) is 6.27. The minimum Gasteiger partial charge on any atom is -0.378 e. The highest BCUT2D eigenvalue weighted by molar-refractivity contribution is 7.99. The van der Waals surface area contributed by atoms with Crippen LogP contribution in [-0.4, -0.2) is 47.5 Å². The lowest BCUT2D eigenvalue weighted by molar-refractivity contribution is -0.113. The van der Waals surface area contributed by atoms with Gasteiger partial charge in [0.1, 0.15) is 4.83 Å². The highest BCUT2D eigenvalue weighted by Gasteiger charge is 2.17. The second-order valence-corrected chi connectivity index (χ2v) is 10.3. The predicted molar refractivity (Wildman–Crippen MR) is 137 cm³/mol. The number of nitrogens with zero attached hydrogens (tertiary/aromatic N) is 3. The molecule has 1 aliphatic heterocycles. The van der Waals surface area contributed by atoms with Crippen LogP contribution in [0.25, 0.3) is 20.7 Å². The number of ether oxygens (including phenoxy) is 1. The molecule has 170 valence electrons. The number of carbonyl (C=O) groups excluding carboxylic acids is 1. The van der Waals surface area contributed by atoms with Crippen LogP contribution in [0.15, 0.2) is 57.1 Å². The standard InChI is InChI=1S/C23H22N4O3S3/c1-26-22(29)20-17(18-3-2-12-31-18)13-32-21(20)25-23(26)33-14-19(28)24-15-4-6-16(7-5-15)27-8-10-30-11-9-27/h2-7,12-13H,8-11,14H2,1H3,(H,24,28). The smallest absolute Gasteiger partial charge is 0.263 e. The lowest BCUT2D eigenvalue weighted by atomic mass is 10.2. The van der Waals surface area contributed by atoms with Crippen LogP contribution in [0.5, 0.6) is 0 Å². The molecule has 1 fully saturated rings. The van der Waals surface area contributed by atoms with Crippen molar-refractivity contribution in [3.63, 3.8) is 0 Å². The molecule has 0 saturated carbocycles. The highest BCUT2D eigenvalue weighted by Crippen LogP contribution is 2.34. The van der Waals surface area contributed by atoms with E-state index >= 15 is 0 Å². The Hall–Kier alpha value is -2.66. The Kier molecular flexibility index (Phi) is 6.50. The summed E-state index contributed by atoms with van der Waals surface area (Å²) in [6, 6.07) is 11.8. The lowest BCUT2D eigenvalue weighted by Gasteiger charge is -2.28. The number of hydrogen-bond donors (Lipinski definition) is 1. The zero-order valence-electron chi connectivity index (χ0n) is 17.9. The summed E-state index contributed by atoms with van der Waals surface area (Å²) in [5, 5.41) is 8.07. The van der Waals surface area contributed by atoms with Crippen molar-refractivity contribution in [2.45, 2.75) is 5.16 Å². The number of rotatable bonds is 6. The molecule has 0 bridgehead atoms. The number of fused-ring (bicyclic) bond motifs is 1. The van der Waals surface area contributed by atoms with Crippen molar-refractivity contribution in [2.24, 2.45) is 7.05 Å². The number of anilines is 2. The first kappa shape index (κ1) is 22.1. The number of thiophene rings is 2. The fraction of sp³-hybridized carbons (Fsp3) is 0.261. The molecule has 0 spiro atoms. The summed E-state index contributed by atoms with van der Waals surface area (Å²) in [6.45, 7) is 3.21. The van der Waals surface area contributed by atoms with E-state index in [2.05, 4.69) is 15.2 Å². The molecular weight excluding hydrogens is 476 g/mol. The molecule has 4 heterocycles. The van der Waals surface area contributed by atoms with Gasteiger partial charge in [0, 0.05) is 47.3 Å². The van der Waals surface area contributed by atoms with Gasteiger partial charge in [-0.2, -0.15) is 0 Å². The summed E-state index contributed by atoms with van der Waals surface area (Å²) in [5.41, 5.74) is 2.70. The number of benzene rings is 1. The van der Waals surface area contributed by atoms with Crippen molar-refractivity contribution in [1.82, 2.24) is 9.55 Å². The number of carbonyl (C=O) groups is 1. The molecular formula is C23H22N4O3S3. The van der Waals surface area contributed by atoms with Gasteiger partial charge in [0.05, 0.1) is 24.4 Å². The summed E-state index contributed by atoms with van der Waals surface area (Å²) in [4.78, 5) is 34.2. The van der Waals surface area contributed by atoms with Gasteiger partial charge < -0.3 is 15.0 Å². The third-order valence-electron chi connectivity index (χ3n) is 5.42. The summed E-state index contributed by atoms with van der Waals surface area (Å²) >= 11 is 4.32. The highest BCUT2D eigenvalue weighted by atomic mass is 32.2. The number of aromatic nitrogens is 2. The maximum Gasteiger partial charge on any atom is 0.263 e. The largest absolute Gasteiger partial charge is 0.378 e. The van der Waals surface area contributed by atoms with Crippen LogP contribution in [0, 0.1) is 0 Å². The third-order valence-corrected chi connectivity index (χ3v) is 8.23. The van der Waals surface area contributed by atoms with Crippen LogP contribution >= 0.6 is 34.4 Å². The number of hydrogen-bond acceptors (Lipinski definition) is 8. The van der Waals surface area contributed by atoms with Crippen molar-refractivity contribution in [2.75, 3.05) is 42.3 Å². The van der Waals surface area contributed by atoms with Crippen molar-refractivity contribution >= 4 is 61.9 Å². The normalized spacial score (nSPS) is 14.0. The van der Waals surface area contributed by atoms with Gasteiger partial charge in [0.25, 0.3) is 5.56 Å². The summed E-state index contributed by atoms with van der Waals surface area (Å²) < 4.78 is 6.92. The van der Waals surface area contributed by atoms with Gasteiger partial charge in [-0.05, 0) is 35.7 Å². The molecule has 0 aliphatic carbocycles. The second-order valence-electron chi connectivity index (χ2n) is 7.55. The lowest BCUT2D eigenvalue weighted by Crippen LogP contribution is -2.36. The van der Waals surface area contributed by atoms with E-state index < -0.39 is 0 Å². The molecule has 1 aromatic carbocycles. The molecule has 4 aromatic rings. The van der Waals surface area contributed by atoms with E-state index in [1.165, 1.54) is 27.7 Å². The quantitative estimate of drug-likeness (QED) is 0.316. The van der Waals surface area contributed by atoms with E-state index in [4.69, 9.17) is 4.74 Å². The molecule has 5 rings (SSSR count). The van der Waals surface area contributed by atoms with Crippen LogP contribution < -0.4 is 15.8 Å². The Labute approximate surface area is 203 Å². The van der Waals surface area contributed by atoms with Crippen molar-refractivity contribution in [1.29, 1.82) is 0 Å². The van der Waals surface area contributed by atoms with E-state index in [9.17, 15) is 9.59 Å². The number of amides is 1. The zero-order chi connectivity index (χ0) is 22.8. The van der Waals surface area contributed by atoms with E-state index in [-0.39, 0.29) is 17.2 Å². The van der Waals surface area contributed by atoms with Gasteiger partial charge in [-0.25, -0.2) is 4.98 Å². The number of morpholine rings is 1. The molecule has 10 heteroatoms. The molecule has 1 amide bonds. The van der Waals surface area contributed by atoms with Gasteiger partial charge in [-0.15, -0.1) is 22.7 Å². The van der Waals surface area contributed by atoms with Crippen LogP contribution in [0.1, 0.15) is 0 Å². The minimum absolute atomic E-state index is 0.0914. The van der Waals surface area contributed by atoms with Crippen LogP contribution in [0.4, 0.5) is 11.4 Å². The van der Waals surface area contributed by atoms with Crippen LogP contribution in [0.3, 0.4) is 0 Å². The Morgan fingerprint density at radius 2 is 1.97 bits per heavy atom. The monoisotopic (exact) mass is 498 g/mol. The topological polar surface area (TPSA) is 76.5 Å². The Balaban J connectivity index is 1.25. The van der Waals surface area contributed by atoms with Crippen molar-refractivity contribution < 1.29 is 9.53 Å².